The van der Waals surface area contributed by atoms with E-state index in [1.54, 1.807) is 14.0 Å². The number of hydrogen-bond donors (Lipinski definition) is 0. The van der Waals surface area contributed by atoms with Crippen LogP contribution in [0.1, 0.15) is 37.6 Å². The van der Waals surface area contributed by atoms with Crippen molar-refractivity contribution >= 4 is 11.5 Å². The molecular weight excluding hydrogens is 214 g/mol. The van der Waals surface area contributed by atoms with Crippen molar-refractivity contribution in [2.75, 3.05) is 19.1 Å². The van der Waals surface area contributed by atoms with E-state index in [2.05, 4.69) is 18.7 Å². The Morgan fingerprint density at radius 3 is 2.59 bits per heavy atom. The Balaban J connectivity index is 3.27. The summed E-state index contributed by atoms with van der Waals surface area (Å²) in [4.78, 5) is 13.9. The molecule has 0 spiro atoms. The smallest absolute Gasteiger partial charge is 0.165 e. The zero-order chi connectivity index (χ0) is 13.0. The minimum atomic E-state index is 0.0348. The molecule has 0 heterocycles. The average molecular weight is 235 g/mol. The van der Waals surface area contributed by atoms with E-state index in [9.17, 15) is 4.79 Å². The van der Waals surface area contributed by atoms with E-state index in [0.717, 1.165) is 12.1 Å². The molecule has 1 unspecified atom stereocenters. The molecule has 1 rings (SSSR count). The number of ether oxygens (including phenoxy) is 1. The van der Waals surface area contributed by atoms with Crippen molar-refractivity contribution in [3.8, 4) is 5.75 Å². The summed E-state index contributed by atoms with van der Waals surface area (Å²) in [5.41, 5.74) is 1.60. The number of methoxy groups -OCH3 is 1. The summed E-state index contributed by atoms with van der Waals surface area (Å²) in [6.45, 7) is 5.85. The van der Waals surface area contributed by atoms with Gasteiger partial charge in [0.1, 0.15) is 5.75 Å². The van der Waals surface area contributed by atoms with Crippen LogP contribution in [0.3, 0.4) is 0 Å². The first-order valence-corrected chi connectivity index (χ1v) is 5.93. The van der Waals surface area contributed by atoms with E-state index < -0.39 is 0 Å². The number of hydrogen-bond acceptors (Lipinski definition) is 3. The lowest BCUT2D eigenvalue weighted by molar-refractivity contribution is 0.101. The summed E-state index contributed by atoms with van der Waals surface area (Å²) in [6.07, 6.45) is 1.03. The molecule has 0 N–H and O–H groups in total. The fraction of sp³-hybridized carbons (Fsp3) is 0.500. The van der Waals surface area contributed by atoms with Crippen LogP contribution in [-0.4, -0.2) is 26.0 Å². The molecule has 94 valence electrons. The van der Waals surface area contributed by atoms with Crippen molar-refractivity contribution in [1.29, 1.82) is 0 Å². The zero-order valence-electron chi connectivity index (χ0n) is 11.3. The molecule has 1 aromatic rings. The summed E-state index contributed by atoms with van der Waals surface area (Å²) in [5.74, 6) is 0.678. The molecule has 0 aromatic heterocycles. The van der Waals surface area contributed by atoms with Gasteiger partial charge in [-0.3, -0.25) is 4.79 Å². The van der Waals surface area contributed by atoms with Crippen LogP contribution in [-0.2, 0) is 0 Å². The fourth-order valence-electron chi connectivity index (χ4n) is 1.85. The number of benzene rings is 1. The first-order chi connectivity index (χ1) is 8.02. The van der Waals surface area contributed by atoms with Gasteiger partial charge in [0, 0.05) is 13.1 Å². The van der Waals surface area contributed by atoms with Gasteiger partial charge in [-0.05, 0) is 32.4 Å². The van der Waals surface area contributed by atoms with E-state index in [0.29, 0.717) is 17.4 Å². The molecule has 0 fully saturated rings. The predicted octanol–water partition coefficient (Wildman–Crippen LogP) is 3.13. The monoisotopic (exact) mass is 235 g/mol. The minimum Gasteiger partial charge on any atom is -0.496 e. The van der Waals surface area contributed by atoms with Crippen molar-refractivity contribution in [1.82, 2.24) is 0 Å². The van der Waals surface area contributed by atoms with Crippen molar-refractivity contribution in [3.05, 3.63) is 23.8 Å². The molecular formula is C14H21NO2. The van der Waals surface area contributed by atoms with Crippen molar-refractivity contribution in [2.24, 2.45) is 0 Å². The van der Waals surface area contributed by atoms with Crippen LogP contribution in [0.5, 0.6) is 5.75 Å². The SMILES string of the molecule is CCC(C)N(C)c1cccc(OC)c1C(C)=O. The number of anilines is 1. The molecule has 1 atom stereocenters. The lowest BCUT2D eigenvalue weighted by Gasteiger charge is -2.28. The third kappa shape index (κ3) is 2.78. The Hall–Kier alpha value is -1.51. The Kier molecular flexibility index (Phi) is 4.55. The lowest BCUT2D eigenvalue weighted by atomic mass is 10.1. The molecule has 0 saturated carbocycles. The lowest BCUT2D eigenvalue weighted by Crippen LogP contribution is -2.29. The number of nitrogens with zero attached hydrogens (tertiary/aromatic N) is 1. The average Bonchev–Trinajstić information content (AvgIpc) is 2.35. The van der Waals surface area contributed by atoms with Crippen LogP contribution in [0.15, 0.2) is 18.2 Å². The highest BCUT2D eigenvalue weighted by Crippen LogP contribution is 2.30. The molecule has 0 aliphatic carbocycles. The first kappa shape index (κ1) is 13.6. The van der Waals surface area contributed by atoms with E-state index in [1.165, 1.54) is 0 Å². The number of carbonyl (C=O) groups excluding carboxylic acids is 1. The molecule has 0 aliphatic heterocycles. The highest BCUT2D eigenvalue weighted by Gasteiger charge is 2.18. The van der Waals surface area contributed by atoms with Crippen LogP contribution in [0.2, 0.25) is 0 Å². The molecule has 0 bridgehead atoms. The molecule has 0 radical (unpaired) electrons. The number of ketones is 1. The Morgan fingerprint density at radius 2 is 2.12 bits per heavy atom. The van der Waals surface area contributed by atoms with Gasteiger partial charge in [0.2, 0.25) is 0 Å². The summed E-state index contributed by atoms with van der Waals surface area (Å²) in [7, 11) is 3.60. The minimum absolute atomic E-state index is 0.0348. The van der Waals surface area contributed by atoms with Crippen LogP contribution < -0.4 is 9.64 Å². The summed E-state index contributed by atoms with van der Waals surface area (Å²) < 4.78 is 5.26. The van der Waals surface area contributed by atoms with Gasteiger partial charge in [0.15, 0.2) is 5.78 Å². The largest absolute Gasteiger partial charge is 0.496 e. The van der Waals surface area contributed by atoms with E-state index >= 15 is 0 Å². The van der Waals surface area contributed by atoms with E-state index in [1.807, 2.05) is 25.2 Å². The Bertz CT molecular complexity index is 401. The second-order valence-electron chi connectivity index (χ2n) is 4.28. The van der Waals surface area contributed by atoms with E-state index in [-0.39, 0.29) is 5.78 Å². The van der Waals surface area contributed by atoms with Gasteiger partial charge >= 0.3 is 0 Å². The molecule has 3 heteroatoms. The highest BCUT2D eigenvalue weighted by atomic mass is 16.5. The molecule has 3 nitrogen and oxygen atoms in total. The Morgan fingerprint density at radius 1 is 1.47 bits per heavy atom. The van der Waals surface area contributed by atoms with Crippen LogP contribution >= 0.6 is 0 Å². The van der Waals surface area contributed by atoms with Gasteiger partial charge in [-0.15, -0.1) is 0 Å². The van der Waals surface area contributed by atoms with E-state index in [4.69, 9.17) is 4.74 Å². The van der Waals surface area contributed by atoms with Crippen molar-refractivity contribution < 1.29 is 9.53 Å². The zero-order valence-corrected chi connectivity index (χ0v) is 11.3. The second-order valence-corrected chi connectivity index (χ2v) is 4.28. The Labute approximate surface area is 103 Å². The van der Waals surface area contributed by atoms with Gasteiger partial charge in [0.25, 0.3) is 0 Å². The van der Waals surface area contributed by atoms with Crippen molar-refractivity contribution in [2.45, 2.75) is 33.2 Å². The molecule has 0 amide bonds. The molecule has 17 heavy (non-hydrogen) atoms. The number of Topliss-reactive ketones (excluding diaryl/α,β-unsaturated/α-hetero) is 1. The van der Waals surface area contributed by atoms with Crippen LogP contribution in [0.25, 0.3) is 0 Å². The normalized spacial score (nSPS) is 12.1. The number of rotatable bonds is 5. The van der Waals surface area contributed by atoms with Gasteiger partial charge in [-0.25, -0.2) is 0 Å². The van der Waals surface area contributed by atoms with Gasteiger partial charge in [-0.1, -0.05) is 13.0 Å². The third-order valence-electron chi connectivity index (χ3n) is 3.21. The van der Waals surface area contributed by atoms with Gasteiger partial charge < -0.3 is 9.64 Å². The van der Waals surface area contributed by atoms with Crippen molar-refractivity contribution in [3.63, 3.8) is 0 Å². The molecule has 1 aromatic carbocycles. The quantitative estimate of drug-likeness (QED) is 0.734. The first-order valence-electron chi connectivity index (χ1n) is 5.93. The standard InChI is InChI=1S/C14H21NO2/c1-6-10(2)15(4)12-8-7-9-13(17-5)14(12)11(3)16/h7-10H,6H2,1-5H3. The number of carbonyl (C=O) groups is 1. The summed E-state index contributed by atoms with van der Waals surface area (Å²) >= 11 is 0. The van der Waals surface area contributed by atoms with Crippen LogP contribution in [0, 0.1) is 0 Å². The fourth-order valence-corrected chi connectivity index (χ4v) is 1.85. The molecule has 0 saturated heterocycles. The maximum atomic E-state index is 11.8. The second kappa shape index (κ2) is 5.71. The predicted molar refractivity (Wildman–Crippen MR) is 71.2 cm³/mol. The summed E-state index contributed by atoms with van der Waals surface area (Å²) in [5, 5.41) is 0. The molecule has 0 aliphatic rings. The van der Waals surface area contributed by atoms with Crippen LogP contribution in [0.4, 0.5) is 5.69 Å². The van der Waals surface area contributed by atoms with Gasteiger partial charge in [-0.2, -0.15) is 0 Å². The third-order valence-corrected chi connectivity index (χ3v) is 3.21. The highest BCUT2D eigenvalue weighted by molar-refractivity contribution is 6.02. The maximum absolute atomic E-state index is 11.8. The topological polar surface area (TPSA) is 29.5 Å². The summed E-state index contributed by atoms with van der Waals surface area (Å²) in [6, 6.07) is 6.09. The van der Waals surface area contributed by atoms with Gasteiger partial charge in [0.05, 0.1) is 18.4 Å². The maximum Gasteiger partial charge on any atom is 0.165 e.